The van der Waals surface area contributed by atoms with Gasteiger partial charge in [-0.1, -0.05) is 71.0 Å². The van der Waals surface area contributed by atoms with Crippen LogP contribution >= 0.6 is 32.9 Å². The summed E-state index contributed by atoms with van der Waals surface area (Å²) < 4.78 is 16.6. The number of hydrogen-bond donors (Lipinski definition) is 0. The maximum Gasteiger partial charge on any atom is 0.356 e. The molecule has 1 aromatic heterocycles. The van der Waals surface area contributed by atoms with Crippen molar-refractivity contribution in [1.29, 1.82) is 0 Å². The van der Waals surface area contributed by atoms with Gasteiger partial charge in [-0.15, -0.1) is 20.2 Å². The number of esters is 3. The number of rotatable bonds is 17. The minimum absolute atomic E-state index is 0.116. The second kappa shape index (κ2) is 17.3. The van der Waals surface area contributed by atoms with Gasteiger partial charge in [0, 0.05) is 4.88 Å². The van der Waals surface area contributed by atoms with Gasteiger partial charge >= 0.3 is 17.9 Å². The van der Waals surface area contributed by atoms with Gasteiger partial charge in [0.1, 0.15) is 28.9 Å². The number of carbonyl (C=O) groups excluding carboxylic acids is 3. The highest BCUT2D eigenvalue weighted by Gasteiger charge is 2.31. The summed E-state index contributed by atoms with van der Waals surface area (Å²) in [7, 11) is 2.94. The Kier molecular flexibility index (Phi) is 13.5. The van der Waals surface area contributed by atoms with Crippen LogP contribution in [0.2, 0.25) is 0 Å². The summed E-state index contributed by atoms with van der Waals surface area (Å²) in [5, 5.41) is 18.7. The van der Waals surface area contributed by atoms with Crippen LogP contribution in [0.4, 0.5) is 0 Å². The molecule has 46 heavy (non-hydrogen) atoms. The quantitative estimate of drug-likeness (QED) is 0.0416. The van der Waals surface area contributed by atoms with E-state index in [0.29, 0.717) is 11.5 Å². The third kappa shape index (κ3) is 11.8. The monoisotopic (exact) mass is 694 g/mol. The zero-order valence-electron chi connectivity index (χ0n) is 24.9. The Morgan fingerprint density at radius 2 is 1.57 bits per heavy atom. The molecule has 0 spiro atoms. The maximum absolute atomic E-state index is 13.2. The lowest BCUT2D eigenvalue weighted by atomic mass is 9.97. The van der Waals surface area contributed by atoms with Crippen molar-refractivity contribution in [2.45, 2.75) is 51.7 Å². The summed E-state index contributed by atoms with van der Waals surface area (Å²) in [4.78, 5) is 69.1. The lowest BCUT2D eigenvalue weighted by Gasteiger charge is -2.20. The molecule has 0 amide bonds. The van der Waals surface area contributed by atoms with Gasteiger partial charge in [-0.05, 0) is 66.3 Å². The fourth-order valence-electron chi connectivity index (χ4n) is 3.99. The summed E-state index contributed by atoms with van der Waals surface area (Å²) in [6.45, 7) is 4.01. The van der Waals surface area contributed by atoms with Crippen molar-refractivity contribution in [3.8, 4) is 16.2 Å². The molecule has 0 saturated heterocycles. The van der Waals surface area contributed by atoms with E-state index in [-0.39, 0.29) is 5.75 Å². The Morgan fingerprint density at radius 3 is 2.13 bits per heavy atom. The van der Waals surface area contributed by atoms with E-state index in [0.717, 1.165) is 26.2 Å². The molecule has 2 aromatic carbocycles. The normalized spacial score (nSPS) is 12.8. The molecule has 0 N–H and O–H groups in total. The molecule has 3 atom stereocenters. The fraction of sp³-hybridized carbons (Fsp3) is 0.379. The maximum atomic E-state index is 13.2. The summed E-state index contributed by atoms with van der Waals surface area (Å²) in [6, 6.07) is 15.7. The Hall–Kier alpha value is -4.48. The van der Waals surface area contributed by atoms with E-state index in [4.69, 9.17) is 26.4 Å². The van der Waals surface area contributed by atoms with E-state index in [1.54, 1.807) is 31.2 Å². The third-order valence-electron chi connectivity index (χ3n) is 6.21. The Morgan fingerprint density at radius 1 is 0.891 bits per heavy atom. The molecule has 17 heteroatoms. The van der Waals surface area contributed by atoms with Crippen molar-refractivity contribution in [2.75, 3.05) is 13.2 Å². The molecular formula is C29H30N2O12S3. The Labute approximate surface area is 275 Å². The van der Waals surface area contributed by atoms with Crippen molar-refractivity contribution in [1.82, 2.24) is 0 Å². The van der Waals surface area contributed by atoms with Gasteiger partial charge in [0.05, 0.1) is 12.3 Å². The molecule has 0 fully saturated rings. The molecule has 0 aliphatic rings. The largest absolute Gasteiger partial charge is 0.461 e. The van der Waals surface area contributed by atoms with Crippen LogP contribution in [0.5, 0.6) is 5.75 Å². The highest BCUT2D eigenvalue weighted by molar-refractivity contribution is 7.80. The zero-order valence-corrected chi connectivity index (χ0v) is 27.3. The van der Waals surface area contributed by atoms with Crippen LogP contribution in [0.25, 0.3) is 10.4 Å². The van der Waals surface area contributed by atoms with Gasteiger partial charge in [0.25, 0.3) is 10.2 Å². The van der Waals surface area contributed by atoms with Crippen molar-refractivity contribution < 1.29 is 48.4 Å². The van der Waals surface area contributed by atoms with E-state index in [1.165, 1.54) is 32.8 Å². The first-order valence-electron chi connectivity index (χ1n) is 13.8. The van der Waals surface area contributed by atoms with Crippen LogP contribution in [-0.4, -0.2) is 53.5 Å². The first-order chi connectivity index (χ1) is 21.8. The first kappa shape index (κ1) is 36.0. The van der Waals surface area contributed by atoms with Gasteiger partial charge in [-0.3, -0.25) is 9.59 Å². The predicted molar refractivity (Wildman–Crippen MR) is 168 cm³/mol. The highest BCUT2D eigenvalue weighted by atomic mass is 32.9. The molecule has 0 radical (unpaired) electrons. The van der Waals surface area contributed by atoms with Crippen molar-refractivity contribution in [3.05, 3.63) is 89.8 Å². The molecule has 3 unspecified atom stereocenters. The molecule has 14 nitrogen and oxygen atoms in total. The number of carbonyl (C=O) groups is 3. The average Bonchev–Trinajstić information content (AvgIpc) is 3.43. The standard InChI is InChI=1S/C29H30N2O12S3/c1-17(2)12-19-4-6-20(7-5-19)18(3)28(33)42-24(16-39-26(32)13-23(43-31(37)38)15-40-30(35)36)29(34)41-22-10-8-21(9-11-22)25-14-27(44)46-45-25/h4-11,14,17-18,23-24H,12-13,15-16H2,1-3H3. The van der Waals surface area contributed by atoms with Crippen molar-refractivity contribution >= 4 is 50.8 Å². The van der Waals surface area contributed by atoms with Crippen molar-refractivity contribution in [2.24, 2.45) is 5.92 Å². The van der Waals surface area contributed by atoms with E-state index in [9.17, 15) is 34.6 Å². The van der Waals surface area contributed by atoms with E-state index in [1.807, 2.05) is 18.2 Å². The lowest BCUT2D eigenvalue weighted by molar-refractivity contribution is -0.789. The molecule has 3 aromatic rings. The van der Waals surface area contributed by atoms with Crippen LogP contribution < -0.4 is 4.74 Å². The number of hydrogen-bond acceptors (Lipinski definition) is 15. The topological polar surface area (TPSA) is 184 Å². The highest BCUT2D eigenvalue weighted by Crippen LogP contribution is 2.30. The average molecular weight is 695 g/mol. The Bertz CT molecular complexity index is 1570. The molecule has 0 aliphatic heterocycles. The predicted octanol–water partition coefficient (Wildman–Crippen LogP) is 5.74. The van der Waals surface area contributed by atoms with Crippen LogP contribution in [0.1, 0.15) is 44.2 Å². The van der Waals surface area contributed by atoms with E-state index >= 15 is 0 Å². The molecule has 246 valence electrons. The molecule has 0 saturated carbocycles. The SMILES string of the molecule is CC(C)Cc1ccc(C(C)C(=O)OC(COC(=O)CC(CO[N+](=O)[O-])O[N+](=O)[O-])C(=O)Oc2ccc(-c3cc(=S)ss3)cc2)cc1. The molecule has 0 aliphatic carbocycles. The van der Waals surface area contributed by atoms with Crippen LogP contribution in [-0.2, 0) is 40.0 Å². The summed E-state index contributed by atoms with van der Waals surface area (Å²) in [6.07, 6.45) is -3.40. The molecular weight excluding hydrogens is 665 g/mol. The summed E-state index contributed by atoms with van der Waals surface area (Å²) in [5.41, 5.74) is 2.56. The van der Waals surface area contributed by atoms with Gasteiger partial charge in [0.2, 0.25) is 6.10 Å². The number of nitrogens with zero attached hydrogens (tertiary/aromatic N) is 2. The van der Waals surface area contributed by atoms with Gasteiger partial charge in [-0.2, -0.15) is 0 Å². The van der Waals surface area contributed by atoms with Crippen LogP contribution in [0.15, 0.2) is 54.6 Å². The van der Waals surface area contributed by atoms with E-state index in [2.05, 4.69) is 23.5 Å². The van der Waals surface area contributed by atoms with Gasteiger partial charge in [-0.25, -0.2) is 4.79 Å². The third-order valence-corrected chi connectivity index (χ3v) is 9.12. The lowest BCUT2D eigenvalue weighted by Crippen LogP contribution is -2.37. The van der Waals surface area contributed by atoms with Crippen molar-refractivity contribution in [3.63, 3.8) is 0 Å². The molecule has 3 rings (SSSR count). The molecule has 1 heterocycles. The smallest absolute Gasteiger partial charge is 0.356 e. The number of benzene rings is 2. The van der Waals surface area contributed by atoms with E-state index < -0.39 is 65.8 Å². The van der Waals surface area contributed by atoms with Crippen LogP contribution in [0, 0.1) is 30.0 Å². The van der Waals surface area contributed by atoms with Gasteiger partial charge < -0.3 is 23.9 Å². The second-order valence-electron chi connectivity index (χ2n) is 10.3. The van der Waals surface area contributed by atoms with Gasteiger partial charge in [0.15, 0.2) is 0 Å². The summed E-state index contributed by atoms with van der Waals surface area (Å²) >= 11 is 5.17. The number of ether oxygens (including phenoxy) is 3. The van der Waals surface area contributed by atoms with Crippen LogP contribution in [0.3, 0.4) is 0 Å². The summed E-state index contributed by atoms with van der Waals surface area (Å²) in [5.74, 6) is -3.27. The second-order valence-corrected chi connectivity index (χ2v) is 13.2. The fourth-order valence-corrected chi connectivity index (χ4v) is 6.39. The zero-order chi connectivity index (χ0) is 33.8. The molecule has 0 bridgehead atoms. The Balaban J connectivity index is 1.72. The minimum Gasteiger partial charge on any atom is -0.461 e. The minimum atomic E-state index is -1.73. The first-order valence-corrected chi connectivity index (χ1v) is 16.3.